The Kier molecular flexibility index (Phi) is 4.04. The fourth-order valence-corrected chi connectivity index (χ4v) is 2.20. The van der Waals surface area contributed by atoms with Crippen molar-refractivity contribution in [2.75, 3.05) is 19.1 Å². The van der Waals surface area contributed by atoms with Crippen LogP contribution in [0.3, 0.4) is 0 Å². The van der Waals surface area contributed by atoms with Gasteiger partial charge in [-0.1, -0.05) is 11.8 Å². The second kappa shape index (κ2) is 5.53. The van der Waals surface area contributed by atoms with E-state index in [1.807, 2.05) is 11.4 Å². The third kappa shape index (κ3) is 2.96. The lowest BCUT2D eigenvalue weighted by Gasteiger charge is -2.03. The zero-order chi connectivity index (χ0) is 10.5. The molecule has 1 aromatic rings. The molecular formula is C11H11ClO2S. The summed E-state index contributed by atoms with van der Waals surface area (Å²) in [5.74, 6) is 6.63. The van der Waals surface area contributed by atoms with E-state index in [1.54, 1.807) is 11.3 Å². The summed E-state index contributed by atoms with van der Waals surface area (Å²) < 4.78 is 10.8. The first-order valence-corrected chi connectivity index (χ1v) is 6.18. The first kappa shape index (κ1) is 11.0. The molecule has 0 bridgehead atoms. The topological polar surface area (TPSA) is 18.5 Å². The van der Waals surface area contributed by atoms with Crippen molar-refractivity contribution in [2.24, 2.45) is 0 Å². The van der Waals surface area contributed by atoms with Crippen LogP contribution >= 0.6 is 22.9 Å². The molecule has 4 heteroatoms. The van der Waals surface area contributed by atoms with Crippen LogP contribution in [0.15, 0.2) is 11.4 Å². The molecule has 0 unspecified atom stereocenters. The summed E-state index contributed by atoms with van der Waals surface area (Å²) in [4.78, 5) is 1.09. The Hall–Kier alpha value is -0.530. The molecule has 15 heavy (non-hydrogen) atoms. The van der Waals surface area contributed by atoms with Crippen LogP contribution in [-0.2, 0) is 9.47 Å². The van der Waals surface area contributed by atoms with Crippen LogP contribution in [0.2, 0.25) is 0 Å². The van der Waals surface area contributed by atoms with Crippen molar-refractivity contribution in [2.45, 2.75) is 12.7 Å². The summed E-state index contributed by atoms with van der Waals surface area (Å²) in [6.45, 7) is 1.35. The van der Waals surface area contributed by atoms with E-state index in [0.29, 0.717) is 19.1 Å². The molecule has 0 amide bonds. The van der Waals surface area contributed by atoms with Gasteiger partial charge in [-0.25, -0.2) is 0 Å². The highest BCUT2D eigenvalue weighted by Crippen LogP contribution is 2.28. The Morgan fingerprint density at radius 1 is 1.47 bits per heavy atom. The molecule has 0 aliphatic carbocycles. The van der Waals surface area contributed by atoms with E-state index in [4.69, 9.17) is 21.1 Å². The van der Waals surface area contributed by atoms with Crippen molar-refractivity contribution in [1.29, 1.82) is 0 Å². The van der Waals surface area contributed by atoms with Gasteiger partial charge in [-0.3, -0.25) is 0 Å². The Morgan fingerprint density at radius 2 is 2.27 bits per heavy atom. The summed E-state index contributed by atoms with van der Waals surface area (Å²) in [6, 6.07) is 2.02. The molecular weight excluding hydrogens is 232 g/mol. The summed E-state index contributed by atoms with van der Waals surface area (Å²) in [7, 11) is 0. The van der Waals surface area contributed by atoms with Gasteiger partial charge in [0.25, 0.3) is 0 Å². The Morgan fingerprint density at radius 3 is 3.00 bits per heavy atom. The van der Waals surface area contributed by atoms with Gasteiger partial charge in [-0.2, -0.15) is 0 Å². The minimum absolute atomic E-state index is 0.182. The van der Waals surface area contributed by atoms with Crippen LogP contribution in [0.25, 0.3) is 0 Å². The van der Waals surface area contributed by atoms with Gasteiger partial charge in [0.2, 0.25) is 0 Å². The Balaban J connectivity index is 2.01. The molecule has 1 aliphatic heterocycles. The molecule has 2 rings (SSSR count). The fourth-order valence-electron chi connectivity index (χ4n) is 1.28. The van der Waals surface area contributed by atoms with Gasteiger partial charge in [-0.15, -0.1) is 22.9 Å². The molecule has 0 spiro atoms. The van der Waals surface area contributed by atoms with Crippen molar-refractivity contribution < 1.29 is 9.47 Å². The number of hydrogen-bond acceptors (Lipinski definition) is 3. The summed E-state index contributed by atoms with van der Waals surface area (Å²) in [5.41, 5.74) is 1.01. The zero-order valence-electron chi connectivity index (χ0n) is 8.16. The number of rotatable bonds is 2. The van der Waals surface area contributed by atoms with Gasteiger partial charge in [0, 0.05) is 23.2 Å². The molecule has 2 heterocycles. The van der Waals surface area contributed by atoms with E-state index in [1.165, 1.54) is 0 Å². The number of alkyl halides is 1. The molecule has 1 saturated heterocycles. The highest BCUT2D eigenvalue weighted by atomic mass is 35.5. The van der Waals surface area contributed by atoms with E-state index < -0.39 is 0 Å². The molecule has 80 valence electrons. The lowest BCUT2D eigenvalue weighted by atomic mass is 10.3. The standard InChI is InChI=1S/C11H11ClO2S/c12-4-2-1-3-9-7-10(15-8-9)11-13-5-6-14-11/h7-8,11H,2,4-6H2. The lowest BCUT2D eigenvalue weighted by molar-refractivity contribution is -0.0413. The smallest absolute Gasteiger partial charge is 0.193 e. The molecule has 0 atom stereocenters. The Bertz CT molecular complexity index is 371. The monoisotopic (exact) mass is 242 g/mol. The third-order valence-electron chi connectivity index (χ3n) is 1.93. The van der Waals surface area contributed by atoms with E-state index in [0.717, 1.165) is 16.9 Å². The predicted molar refractivity (Wildman–Crippen MR) is 61.2 cm³/mol. The van der Waals surface area contributed by atoms with Crippen LogP contribution in [0.4, 0.5) is 0 Å². The minimum atomic E-state index is -0.182. The van der Waals surface area contributed by atoms with Gasteiger partial charge in [0.15, 0.2) is 6.29 Å². The van der Waals surface area contributed by atoms with Crippen molar-refractivity contribution in [3.8, 4) is 11.8 Å². The molecule has 0 aromatic carbocycles. The number of halogens is 1. The maximum Gasteiger partial charge on any atom is 0.193 e. The predicted octanol–water partition coefficient (Wildman–Crippen LogP) is 2.77. The van der Waals surface area contributed by atoms with Gasteiger partial charge in [0.1, 0.15) is 0 Å². The normalized spacial score (nSPS) is 16.3. The van der Waals surface area contributed by atoms with E-state index in [9.17, 15) is 0 Å². The second-order valence-corrected chi connectivity index (χ2v) is 4.37. The summed E-state index contributed by atoms with van der Waals surface area (Å²) >= 11 is 7.16. The van der Waals surface area contributed by atoms with E-state index in [-0.39, 0.29) is 6.29 Å². The Labute approximate surface area is 98.2 Å². The summed E-state index contributed by atoms with van der Waals surface area (Å²) in [5, 5.41) is 2.02. The number of thiophene rings is 1. The average Bonchev–Trinajstić information content (AvgIpc) is 2.87. The molecule has 1 fully saturated rings. The molecule has 0 saturated carbocycles. The van der Waals surface area contributed by atoms with Crippen molar-refractivity contribution in [1.82, 2.24) is 0 Å². The quantitative estimate of drug-likeness (QED) is 0.587. The summed E-state index contributed by atoms with van der Waals surface area (Å²) in [6.07, 6.45) is 0.543. The van der Waals surface area contributed by atoms with Gasteiger partial charge in [-0.05, 0) is 6.07 Å². The first-order chi connectivity index (χ1) is 7.40. The van der Waals surface area contributed by atoms with Gasteiger partial charge in [0.05, 0.1) is 18.1 Å². The molecule has 1 aliphatic rings. The largest absolute Gasteiger partial charge is 0.345 e. The zero-order valence-corrected chi connectivity index (χ0v) is 9.74. The van der Waals surface area contributed by atoms with Crippen molar-refractivity contribution in [3.63, 3.8) is 0 Å². The maximum absolute atomic E-state index is 5.54. The number of ether oxygens (including phenoxy) is 2. The fraction of sp³-hybridized carbons (Fsp3) is 0.455. The second-order valence-electron chi connectivity index (χ2n) is 3.05. The van der Waals surface area contributed by atoms with Gasteiger partial charge >= 0.3 is 0 Å². The van der Waals surface area contributed by atoms with Crippen molar-refractivity contribution >= 4 is 22.9 Å². The van der Waals surface area contributed by atoms with Crippen molar-refractivity contribution in [3.05, 3.63) is 21.9 Å². The minimum Gasteiger partial charge on any atom is -0.345 e. The van der Waals surface area contributed by atoms with E-state index in [2.05, 4.69) is 11.8 Å². The van der Waals surface area contributed by atoms with E-state index >= 15 is 0 Å². The molecule has 2 nitrogen and oxygen atoms in total. The number of hydrogen-bond donors (Lipinski definition) is 0. The van der Waals surface area contributed by atoms with Crippen LogP contribution < -0.4 is 0 Å². The lowest BCUT2D eigenvalue weighted by Crippen LogP contribution is -1.93. The first-order valence-electron chi connectivity index (χ1n) is 4.76. The molecule has 0 N–H and O–H groups in total. The third-order valence-corrected chi connectivity index (χ3v) is 3.07. The highest BCUT2D eigenvalue weighted by Gasteiger charge is 2.19. The van der Waals surface area contributed by atoms with Crippen LogP contribution in [0.1, 0.15) is 23.2 Å². The van der Waals surface area contributed by atoms with Crippen LogP contribution in [0.5, 0.6) is 0 Å². The SMILES string of the molecule is ClCCC#Cc1csc(C2OCCO2)c1. The highest BCUT2D eigenvalue weighted by molar-refractivity contribution is 7.10. The van der Waals surface area contributed by atoms with Gasteiger partial charge < -0.3 is 9.47 Å². The molecule has 1 aromatic heterocycles. The van der Waals surface area contributed by atoms with Crippen LogP contribution in [-0.4, -0.2) is 19.1 Å². The van der Waals surface area contributed by atoms with Crippen LogP contribution in [0, 0.1) is 11.8 Å². The maximum atomic E-state index is 5.54. The average molecular weight is 243 g/mol. The molecule has 0 radical (unpaired) electrons.